The van der Waals surface area contributed by atoms with Crippen LogP contribution in [0.2, 0.25) is 0 Å². The van der Waals surface area contributed by atoms with Crippen molar-refractivity contribution in [1.82, 2.24) is 5.16 Å². The molecule has 3 heteroatoms. The van der Waals surface area contributed by atoms with Crippen molar-refractivity contribution in [2.24, 2.45) is 0 Å². The van der Waals surface area contributed by atoms with Gasteiger partial charge in [0, 0.05) is 16.0 Å². The Balaban J connectivity index is 2.37. The van der Waals surface area contributed by atoms with Gasteiger partial charge in [-0.05, 0) is 11.6 Å². The second kappa shape index (κ2) is 3.96. The van der Waals surface area contributed by atoms with Gasteiger partial charge in [0.15, 0.2) is 0 Å². The molecule has 0 amide bonds. The van der Waals surface area contributed by atoms with Crippen molar-refractivity contribution in [2.45, 2.75) is 12.8 Å². The molecule has 0 aliphatic carbocycles. The van der Waals surface area contributed by atoms with E-state index in [0.717, 1.165) is 10.0 Å². The third-order valence-corrected chi connectivity index (χ3v) is 3.05. The lowest BCUT2D eigenvalue weighted by atomic mass is 9.96. The summed E-state index contributed by atoms with van der Waals surface area (Å²) >= 11 is 3.53. The van der Waals surface area contributed by atoms with E-state index >= 15 is 0 Å². The van der Waals surface area contributed by atoms with Crippen molar-refractivity contribution in [1.29, 1.82) is 0 Å². The molecule has 14 heavy (non-hydrogen) atoms. The van der Waals surface area contributed by atoms with E-state index in [1.54, 1.807) is 12.5 Å². The molecule has 1 atom stereocenters. The highest BCUT2D eigenvalue weighted by Crippen LogP contribution is 2.29. The molecule has 0 bridgehead atoms. The van der Waals surface area contributed by atoms with Crippen LogP contribution in [0.5, 0.6) is 0 Å². The summed E-state index contributed by atoms with van der Waals surface area (Å²) < 4.78 is 5.95. The first-order valence-electron chi connectivity index (χ1n) is 4.42. The topological polar surface area (TPSA) is 26.0 Å². The van der Waals surface area contributed by atoms with Crippen LogP contribution in [0.4, 0.5) is 0 Å². The smallest absolute Gasteiger partial charge is 0.127 e. The molecule has 0 saturated carbocycles. The van der Waals surface area contributed by atoms with Crippen LogP contribution >= 0.6 is 15.9 Å². The maximum absolute atomic E-state index is 4.83. The van der Waals surface area contributed by atoms with E-state index in [4.69, 9.17) is 4.52 Å². The number of benzene rings is 1. The highest BCUT2D eigenvalue weighted by molar-refractivity contribution is 9.10. The first kappa shape index (κ1) is 9.46. The fourth-order valence-electron chi connectivity index (χ4n) is 1.43. The SMILES string of the molecule is CC(c1cnoc1)c1ccccc1Br. The van der Waals surface area contributed by atoms with E-state index in [9.17, 15) is 0 Å². The standard InChI is InChI=1S/C11H10BrNO/c1-8(9-6-13-14-7-9)10-4-2-3-5-11(10)12/h2-8H,1H3. The van der Waals surface area contributed by atoms with Gasteiger partial charge in [0.1, 0.15) is 6.26 Å². The third-order valence-electron chi connectivity index (χ3n) is 2.32. The van der Waals surface area contributed by atoms with Gasteiger partial charge in [0.05, 0.1) is 6.20 Å². The maximum Gasteiger partial charge on any atom is 0.127 e. The van der Waals surface area contributed by atoms with Crippen LogP contribution < -0.4 is 0 Å². The summed E-state index contributed by atoms with van der Waals surface area (Å²) in [6.07, 6.45) is 3.44. The Bertz CT molecular complexity index is 411. The lowest BCUT2D eigenvalue weighted by Crippen LogP contribution is -1.94. The van der Waals surface area contributed by atoms with Crippen molar-refractivity contribution in [3.63, 3.8) is 0 Å². The van der Waals surface area contributed by atoms with Gasteiger partial charge in [0.2, 0.25) is 0 Å². The van der Waals surface area contributed by atoms with Crippen LogP contribution in [0.25, 0.3) is 0 Å². The van der Waals surface area contributed by atoms with Crippen LogP contribution in [0, 0.1) is 0 Å². The normalized spacial score (nSPS) is 12.7. The van der Waals surface area contributed by atoms with Crippen LogP contribution in [-0.4, -0.2) is 5.16 Å². The zero-order valence-electron chi connectivity index (χ0n) is 7.77. The monoisotopic (exact) mass is 251 g/mol. The summed E-state index contributed by atoms with van der Waals surface area (Å²) in [5.74, 6) is 0.303. The summed E-state index contributed by atoms with van der Waals surface area (Å²) in [4.78, 5) is 0. The lowest BCUT2D eigenvalue weighted by Gasteiger charge is -2.10. The number of aromatic nitrogens is 1. The largest absolute Gasteiger partial charge is 0.364 e. The minimum Gasteiger partial charge on any atom is -0.364 e. The molecule has 1 heterocycles. The summed E-state index contributed by atoms with van der Waals surface area (Å²) in [5, 5.41) is 3.71. The summed E-state index contributed by atoms with van der Waals surface area (Å²) in [6, 6.07) is 8.18. The van der Waals surface area contributed by atoms with Gasteiger partial charge in [-0.1, -0.05) is 46.2 Å². The molecular formula is C11H10BrNO. The van der Waals surface area contributed by atoms with E-state index in [1.807, 2.05) is 18.2 Å². The Morgan fingerprint density at radius 2 is 2.14 bits per heavy atom. The summed E-state index contributed by atoms with van der Waals surface area (Å²) in [7, 11) is 0. The van der Waals surface area contributed by atoms with Crippen molar-refractivity contribution in [3.8, 4) is 0 Å². The molecule has 0 spiro atoms. The van der Waals surface area contributed by atoms with E-state index < -0.39 is 0 Å². The minimum absolute atomic E-state index is 0.303. The first-order chi connectivity index (χ1) is 6.79. The van der Waals surface area contributed by atoms with E-state index in [1.165, 1.54) is 5.56 Å². The van der Waals surface area contributed by atoms with Crippen molar-refractivity contribution >= 4 is 15.9 Å². The van der Waals surface area contributed by atoms with Crippen molar-refractivity contribution < 1.29 is 4.52 Å². The molecule has 0 saturated heterocycles. The van der Waals surface area contributed by atoms with E-state index in [2.05, 4.69) is 34.1 Å². The Kier molecular flexibility index (Phi) is 2.68. The van der Waals surface area contributed by atoms with Crippen LogP contribution in [0.3, 0.4) is 0 Å². The van der Waals surface area contributed by atoms with Gasteiger partial charge in [-0.3, -0.25) is 0 Å². The number of hydrogen-bond acceptors (Lipinski definition) is 2. The third kappa shape index (κ3) is 1.73. The molecule has 1 aromatic heterocycles. The highest BCUT2D eigenvalue weighted by Gasteiger charge is 2.12. The molecule has 0 fully saturated rings. The molecule has 2 rings (SSSR count). The van der Waals surface area contributed by atoms with Gasteiger partial charge < -0.3 is 4.52 Å². The molecule has 2 aromatic rings. The molecule has 72 valence electrons. The predicted octanol–water partition coefficient (Wildman–Crippen LogP) is 3.59. The highest BCUT2D eigenvalue weighted by atomic mass is 79.9. The summed E-state index contributed by atoms with van der Waals surface area (Å²) in [5.41, 5.74) is 2.34. The Hall–Kier alpha value is -1.09. The zero-order valence-corrected chi connectivity index (χ0v) is 9.36. The van der Waals surface area contributed by atoms with Crippen molar-refractivity contribution in [2.75, 3.05) is 0 Å². The Labute approximate surface area is 91.1 Å². The number of rotatable bonds is 2. The van der Waals surface area contributed by atoms with Crippen LogP contribution in [-0.2, 0) is 0 Å². The second-order valence-corrected chi connectivity index (χ2v) is 4.06. The summed E-state index contributed by atoms with van der Waals surface area (Å²) in [6.45, 7) is 2.13. The zero-order chi connectivity index (χ0) is 9.97. The van der Waals surface area contributed by atoms with Gasteiger partial charge in [-0.25, -0.2) is 0 Å². The fraction of sp³-hybridized carbons (Fsp3) is 0.182. The average Bonchev–Trinajstić information content (AvgIpc) is 2.70. The Morgan fingerprint density at radius 1 is 1.36 bits per heavy atom. The average molecular weight is 252 g/mol. The molecule has 2 nitrogen and oxygen atoms in total. The fourth-order valence-corrected chi connectivity index (χ4v) is 2.06. The number of hydrogen-bond donors (Lipinski definition) is 0. The molecule has 1 unspecified atom stereocenters. The van der Waals surface area contributed by atoms with Crippen LogP contribution in [0.15, 0.2) is 45.7 Å². The second-order valence-electron chi connectivity index (χ2n) is 3.20. The van der Waals surface area contributed by atoms with Gasteiger partial charge in [0.25, 0.3) is 0 Å². The molecule has 0 N–H and O–H groups in total. The molecule has 0 radical (unpaired) electrons. The number of halogens is 1. The van der Waals surface area contributed by atoms with Crippen LogP contribution in [0.1, 0.15) is 24.0 Å². The first-order valence-corrected chi connectivity index (χ1v) is 5.22. The number of nitrogens with zero attached hydrogens (tertiary/aromatic N) is 1. The van der Waals surface area contributed by atoms with Gasteiger partial charge in [-0.15, -0.1) is 0 Å². The van der Waals surface area contributed by atoms with Crippen molar-refractivity contribution in [3.05, 3.63) is 52.3 Å². The minimum atomic E-state index is 0.303. The quantitative estimate of drug-likeness (QED) is 0.816. The predicted molar refractivity (Wildman–Crippen MR) is 58.2 cm³/mol. The van der Waals surface area contributed by atoms with E-state index in [-0.39, 0.29) is 0 Å². The Morgan fingerprint density at radius 3 is 2.79 bits per heavy atom. The lowest BCUT2D eigenvalue weighted by molar-refractivity contribution is 0.418. The maximum atomic E-state index is 4.83. The molecule has 0 aliphatic rings. The van der Waals surface area contributed by atoms with Gasteiger partial charge >= 0.3 is 0 Å². The molecule has 0 aliphatic heterocycles. The van der Waals surface area contributed by atoms with Gasteiger partial charge in [-0.2, -0.15) is 0 Å². The van der Waals surface area contributed by atoms with E-state index in [0.29, 0.717) is 5.92 Å². The molecular weight excluding hydrogens is 242 g/mol. The molecule has 1 aromatic carbocycles.